The number of non-ortho nitro benzene ring substituents is 1. The molecule has 3 aliphatic rings. The van der Waals surface area contributed by atoms with Crippen molar-refractivity contribution in [2.75, 3.05) is 36.2 Å². The standard InChI is InChI=1S/C48H51N3O8S2/c1-6-57-47(52)42-32-40-39-20-13-14-21-41(39)50(61(55,56)38-29-23-33(2)24-30-38)45(34-25-27-37(28-26-34)51(53)54)44(40)46(58-42)49-31-15-22-43(49)48(59-60(3,4)5,35-16-9-7-10-17-35)36-18-11-8-12-19-36/h7-14,16-21,23-30,32,40,43-46H,6,15,22,31H2,1-5H3/t40-,43+,44+,45-,46-/m1/s1. The number of fused-ring (bicyclic) bond motifs is 3. The van der Waals surface area contributed by atoms with Crippen molar-refractivity contribution in [3.05, 3.63) is 183 Å². The van der Waals surface area contributed by atoms with E-state index < -0.39 is 60.9 Å². The van der Waals surface area contributed by atoms with Crippen molar-refractivity contribution >= 4 is 37.7 Å². The molecule has 0 N–H and O–H groups in total. The smallest absolute Gasteiger partial charge is 0.373 e. The fraction of sp³-hybridized carbons (Fsp3) is 0.312. The fourth-order valence-corrected chi connectivity index (χ4v) is 12.3. The Kier molecular flexibility index (Phi) is 11.6. The largest absolute Gasteiger partial charge is 0.467 e. The number of likely N-dealkylation sites (tertiary alicyclic amines) is 1. The Balaban J connectivity index is 1.41. The topological polar surface area (TPSA) is 129 Å². The lowest BCUT2D eigenvalue weighted by atomic mass is 9.71. The second-order valence-electron chi connectivity index (χ2n) is 16.5. The van der Waals surface area contributed by atoms with Gasteiger partial charge in [0.25, 0.3) is 15.7 Å². The Labute approximate surface area is 359 Å². The molecule has 5 aromatic carbocycles. The quantitative estimate of drug-likeness (QED) is 0.0685. The third kappa shape index (κ3) is 7.84. The molecule has 11 nitrogen and oxygen atoms in total. The number of nitrogens with zero attached hydrogens (tertiary/aromatic N) is 3. The first-order valence-electron chi connectivity index (χ1n) is 20.5. The number of allylic oxidation sites excluding steroid dienone is 1. The van der Waals surface area contributed by atoms with Gasteiger partial charge in [-0.15, -0.1) is 10.3 Å². The predicted octanol–water partition coefficient (Wildman–Crippen LogP) is 9.39. The number of benzene rings is 5. The van der Waals surface area contributed by atoms with Crippen LogP contribution < -0.4 is 4.31 Å². The summed E-state index contributed by atoms with van der Waals surface area (Å²) < 4.78 is 52.4. The van der Waals surface area contributed by atoms with Crippen LogP contribution in [0.1, 0.15) is 59.5 Å². The summed E-state index contributed by atoms with van der Waals surface area (Å²) in [6.07, 6.45) is 8.67. The summed E-state index contributed by atoms with van der Waals surface area (Å²) in [5, 5.41) is 12.0. The average molecular weight is 862 g/mol. The van der Waals surface area contributed by atoms with Crippen LogP contribution in [-0.2, 0) is 34.1 Å². The highest BCUT2D eigenvalue weighted by molar-refractivity contribution is 8.28. The zero-order chi connectivity index (χ0) is 43.1. The highest BCUT2D eigenvalue weighted by Gasteiger charge is 2.58. The maximum atomic E-state index is 15.4. The van der Waals surface area contributed by atoms with Gasteiger partial charge in [0.2, 0.25) is 5.76 Å². The summed E-state index contributed by atoms with van der Waals surface area (Å²) in [6, 6.07) is 39.3. The normalized spacial score (nSPS) is 22.0. The van der Waals surface area contributed by atoms with Crippen molar-refractivity contribution in [1.29, 1.82) is 0 Å². The highest BCUT2D eigenvalue weighted by Crippen LogP contribution is 2.59. The predicted molar refractivity (Wildman–Crippen MR) is 239 cm³/mol. The summed E-state index contributed by atoms with van der Waals surface area (Å²) in [5.41, 5.74) is 3.34. The highest BCUT2D eigenvalue weighted by atomic mass is 32.3. The minimum Gasteiger partial charge on any atom is -0.467 e. The van der Waals surface area contributed by atoms with E-state index in [1.54, 1.807) is 61.5 Å². The number of esters is 1. The molecule has 0 aromatic heterocycles. The molecule has 5 atom stereocenters. The summed E-state index contributed by atoms with van der Waals surface area (Å²) in [7, 11) is -6.00. The van der Waals surface area contributed by atoms with E-state index in [4.69, 9.17) is 13.7 Å². The minimum atomic E-state index is -4.31. The van der Waals surface area contributed by atoms with Gasteiger partial charge in [-0.25, -0.2) is 13.2 Å². The number of aryl methyl sites for hydroxylation is 1. The van der Waals surface area contributed by atoms with Gasteiger partial charge < -0.3 is 13.7 Å². The lowest BCUT2D eigenvalue weighted by molar-refractivity contribution is -0.384. The van der Waals surface area contributed by atoms with Crippen LogP contribution in [0.15, 0.2) is 150 Å². The molecule has 3 aliphatic heterocycles. The van der Waals surface area contributed by atoms with Crippen LogP contribution in [0, 0.1) is 23.0 Å². The molecule has 0 aliphatic carbocycles. The van der Waals surface area contributed by atoms with E-state index in [9.17, 15) is 14.9 Å². The molecule has 3 heterocycles. The number of para-hydroxylation sites is 1. The maximum absolute atomic E-state index is 15.4. The van der Waals surface area contributed by atoms with E-state index in [0.29, 0.717) is 29.8 Å². The molecular formula is C48H51N3O8S2. The van der Waals surface area contributed by atoms with Crippen LogP contribution in [0.2, 0.25) is 0 Å². The zero-order valence-electron chi connectivity index (χ0n) is 34.9. The second kappa shape index (κ2) is 16.8. The first-order valence-corrected chi connectivity index (χ1v) is 24.7. The van der Waals surface area contributed by atoms with Crippen molar-refractivity contribution in [3.63, 3.8) is 0 Å². The molecule has 0 spiro atoms. The van der Waals surface area contributed by atoms with Crippen molar-refractivity contribution in [1.82, 2.24) is 4.90 Å². The molecule has 0 unspecified atom stereocenters. The van der Waals surface area contributed by atoms with E-state index >= 15 is 8.42 Å². The van der Waals surface area contributed by atoms with Crippen LogP contribution in [-0.4, -0.2) is 68.4 Å². The van der Waals surface area contributed by atoms with Gasteiger partial charge in [-0.1, -0.05) is 109 Å². The number of carbonyl (C=O) groups is 1. The number of carbonyl (C=O) groups excluding carboxylic acids is 1. The van der Waals surface area contributed by atoms with E-state index in [2.05, 4.69) is 47.9 Å². The molecule has 5 aromatic rings. The zero-order valence-corrected chi connectivity index (χ0v) is 36.6. The van der Waals surface area contributed by atoms with Crippen LogP contribution in [0.5, 0.6) is 0 Å². The number of rotatable bonds is 12. The van der Waals surface area contributed by atoms with Crippen molar-refractivity contribution in [2.24, 2.45) is 5.92 Å². The lowest BCUT2D eigenvalue weighted by Gasteiger charge is -2.55. The molecule has 1 saturated heterocycles. The molecule has 8 rings (SSSR count). The molecule has 0 saturated carbocycles. The first kappa shape index (κ1) is 42.2. The second-order valence-corrected chi connectivity index (χ2v) is 21.9. The Morgan fingerprint density at radius 1 is 0.852 bits per heavy atom. The van der Waals surface area contributed by atoms with Crippen LogP contribution in [0.3, 0.4) is 0 Å². The third-order valence-electron chi connectivity index (χ3n) is 11.9. The Morgan fingerprint density at radius 2 is 1.46 bits per heavy atom. The Bertz CT molecular complexity index is 2490. The number of ether oxygens (including phenoxy) is 2. The fourth-order valence-electron chi connectivity index (χ4n) is 9.49. The van der Waals surface area contributed by atoms with Crippen LogP contribution in [0.25, 0.3) is 0 Å². The van der Waals surface area contributed by atoms with Gasteiger partial charge in [-0.2, -0.15) is 0 Å². The SMILES string of the molecule is CCOC(=O)C1=C[C@@H]2c3ccccc3N(S(=O)(=O)c3ccc(C)cc3)[C@H](c3ccc([N+](=O)[O-])cc3)[C@H]2[C@H](N2CCC[C@H]2C(OS(C)(C)C)(c2ccccc2)c2ccccc2)O1. The summed E-state index contributed by atoms with van der Waals surface area (Å²) in [4.78, 5) is 27.8. The van der Waals surface area contributed by atoms with Gasteiger partial charge in [-0.05, 0) is 92.0 Å². The van der Waals surface area contributed by atoms with E-state index in [-0.39, 0.29) is 29.0 Å². The molecule has 0 radical (unpaired) electrons. The molecule has 318 valence electrons. The van der Waals surface area contributed by atoms with Gasteiger partial charge >= 0.3 is 5.97 Å². The van der Waals surface area contributed by atoms with Crippen LogP contribution in [0.4, 0.5) is 11.4 Å². The Hall–Kier alpha value is -5.47. The Morgan fingerprint density at radius 3 is 2.05 bits per heavy atom. The van der Waals surface area contributed by atoms with E-state index in [1.807, 2.05) is 55.5 Å². The van der Waals surface area contributed by atoms with E-state index in [1.165, 1.54) is 16.4 Å². The molecular weight excluding hydrogens is 811 g/mol. The number of hydrogen-bond donors (Lipinski definition) is 0. The number of nitro groups is 1. The first-order chi connectivity index (χ1) is 29.2. The molecule has 1 fully saturated rings. The lowest BCUT2D eigenvalue weighted by Crippen LogP contribution is -2.60. The summed E-state index contributed by atoms with van der Waals surface area (Å²) >= 11 is 0. The number of anilines is 1. The number of nitro benzene ring substituents is 1. The maximum Gasteiger partial charge on any atom is 0.373 e. The van der Waals surface area contributed by atoms with Gasteiger partial charge in [0.05, 0.1) is 34.2 Å². The van der Waals surface area contributed by atoms with Crippen molar-refractivity contribution in [2.45, 2.75) is 61.4 Å². The third-order valence-corrected chi connectivity index (χ3v) is 14.4. The molecule has 61 heavy (non-hydrogen) atoms. The number of sulfonamides is 1. The number of hydrogen-bond acceptors (Lipinski definition) is 9. The average Bonchev–Trinajstić information content (AvgIpc) is 3.76. The van der Waals surface area contributed by atoms with Gasteiger partial charge in [0.15, 0.2) is 6.23 Å². The van der Waals surface area contributed by atoms with Crippen molar-refractivity contribution in [3.8, 4) is 0 Å². The summed E-state index contributed by atoms with van der Waals surface area (Å²) in [5.74, 6) is -1.83. The molecule has 0 bridgehead atoms. The monoisotopic (exact) mass is 861 g/mol. The molecule has 0 amide bonds. The minimum absolute atomic E-state index is 0.0400. The van der Waals surface area contributed by atoms with Gasteiger partial charge in [0, 0.05) is 30.5 Å². The van der Waals surface area contributed by atoms with Gasteiger partial charge in [-0.3, -0.25) is 19.3 Å². The molecule has 13 heteroatoms. The van der Waals surface area contributed by atoms with Gasteiger partial charge in [0.1, 0.15) is 5.60 Å². The van der Waals surface area contributed by atoms with E-state index in [0.717, 1.165) is 23.1 Å². The van der Waals surface area contributed by atoms with Crippen molar-refractivity contribution < 1.29 is 31.8 Å². The summed E-state index contributed by atoms with van der Waals surface area (Å²) in [6.45, 7) is 4.31. The van der Waals surface area contributed by atoms with Crippen LogP contribution >= 0.6 is 10.3 Å².